The van der Waals surface area contributed by atoms with Crippen LogP contribution in [0.1, 0.15) is 19.4 Å². The average Bonchev–Trinajstić information content (AvgIpc) is 3.13. The van der Waals surface area contributed by atoms with Crippen molar-refractivity contribution in [1.29, 1.82) is 0 Å². The molecule has 0 N–H and O–H groups in total. The van der Waals surface area contributed by atoms with E-state index in [2.05, 4.69) is 10.2 Å². The first-order valence-electron chi connectivity index (χ1n) is 8.60. The van der Waals surface area contributed by atoms with Crippen LogP contribution >= 0.6 is 19.2 Å². The van der Waals surface area contributed by atoms with E-state index in [1.54, 1.807) is 26.0 Å². The number of aromatic nitrogens is 2. The van der Waals surface area contributed by atoms with Crippen molar-refractivity contribution < 1.29 is 18.0 Å². The van der Waals surface area contributed by atoms with Gasteiger partial charge in [0.1, 0.15) is 0 Å². The van der Waals surface area contributed by atoms with Crippen LogP contribution in [0.5, 0.6) is 0 Å². The molecule has 0 bridgehead atoms. The van der Waals surface area contributed by atoms with E-state index >= 15 is 0 Å². The zero-order valence-electron chi connectivity index (χ0n) is 15.1. The number of benzene rings is 2. The Labute approximate surface area is 163 Å². The van der Waals surface area contributed by atoms with Crippen molar-refractivity contribution >= 4 is 19.2 Å². The Kier molecular flexibility index (Phi) is 6.45. The summed E-state index contributed by atoms with van der Waals surface area (Å²) in [4.78, 5) is 0. The molecule has 0 aliphatic heterocycles. The highest BCUT2D eigenvalue weighted by molar-refractivity contribution is 7.53. The normalized spacial score (nSPS) is 11.7. The fourth-order valence-corrected chi connectivity index (χ4v) is 4.41. The molecule has 1 heterocycles. The lowest BCUT2D eigenvalue weighted by Gasteiger charge is -2.17. The van der Waals surface area contributed by atoms with E-state index in [4.69, 9.17) is 25.1 Å². The average molecular weight is 407 g/mol. The fourth-order valence-electron chi connectivity index (χ4n) is 2.60. The Bertz CT molecular complexity index is 933. The lowest BCUT2D eigenvalue weighted by atomic mass is 10.1. The molecular formula is C19H20ClN2O4P. The van der Waals surface area contributed by atoms with Crippen LogP contribution < -0.4 is 0 Å². The molecule has 0 saturated carbocycles. The van der Waals surface area contributed by atoms with Gasteiger partial charge in [-0.25, -0.2) is 0 Å². The molecular weight excluding hydrogens is 387 g/mol. The molecule has 3 rings (SSSR count). The molecule has 0 fully saturated rings. The van der Waals surface area contributed by atoms with E-state index in [1.165, 1.54) is 0 Å². The Morgan fingerprint density at radius 1 is 0.963 bits per heavy atom. The minimum atomic E-state index is -3.18. The standard InChI is InChI=1S/C19H20ClN2O4P/c1-3-24-27(23,25-4-2)13-14-6-5-7-16(12-14)19-22-21-18(26-19)15-8-10-17(20)11-9-15/h5-12H,3-4,13H2,1-2H3. The molecule has 142 valence electrons. The van der Waals surface area contributed by atoms with Crippen LogP contribution in [-0.2, 0) is 19.8 Å². The molecule has 0 aliphatic carbocycles. The molecule has 0 unspecified atom stereocenters. The van der Waals surface area contributed by atoms with E-state index in [0.717, 1.165) is 16.7 Å². The predicted molar refractivity (Wildman–Crippen MR) is 105 cm³/mol. The second-order valence-corrected chi connectivity index (χ2v) is 8.22. The summed E-state index contributed by atoms with van der Waals surface area (Å²) < 4.78 is 29.2. The first-order chi connectivity index (χ1) is 13.0. The highest BCUT2D eigenvalue weighted by Crippen LogP contribution is 2.51. The Hall–Kier alpha value is -1.98. The summed E-state index contributed by atoms with van der Waals surface area (Å²) in [5, 5.41) is 8.84. The van der Waals surface area contributed by atoms with Crippen molar-refractivity contribution in [2.24, 2.45) is 0 Å². The molecule has 2 aromatic carbocycles. The van der Waals surface area contributed by atoms with E-state index in [0.29, 0.717) is 30.0 Å². The summed E-state index contributed by atoms with van der Waals surface area (Å²) in [6.45, 7) is 4.23. The van der Waals surface area contributed by atoms with Gasteiger partial charge in [-0.2, -0.15) is 0 Å². The SMILES string of the molecule is CCOP(=O)(Cc1cccc(-c2nnc(-c3ccc(Cl)cc3)o2)c1)OCC. The van der Waals surface area contributed by atoms with Gasteiger partial charge in [0.15, 0.2) is 0 Å². The number of nitrogens with zero attached hydrogens (tertiary/aromatic N) is 2. The lowest BCUT2D eigenvalue weighted by molar-refractivity contribution is 0.219. The summed E-state index contributed by atoms with van der Waals surface area (Å²) in [6.07, 6.45) is 0.181. The van der Waals surface area contributed by atoms with Gasteiger partial charge in [0.25, 0.3) is 0 Å². The van der Waals surface area contributed by atoms with Crippen molar-refractivity contribution in [2.45, 2.75) is 20.0 Å². The zero-order chi connectivity index (χ0) is 19.3. The van der Waals surface area contributed by atoms with Crippen molar-refractivity contribution in [3.63, 3.8) is 0 Å². The third kappa shape index (κ3) is 5.05. The van der Waals surface area contributed by atoms with E-state index < -0.39 is 7.60 Å². The van der Waals surface area contributed by atoms with Crippen LogP contribution in [0.3, 0.4) is 0 Å². The molecule has 27 heavy (non-hydrogen) atoms. The summed E-state index contributed by atoms with van der Waals surface area (Å²) in [6, 6.07) is 14.6. The largest absolute Gasteiger partial charge is 0.416 e. The number of hydrogen-bond donors (Lipinski definition) is 0. The van der Waals surface area contributed by atoms with Gasteiger partial charge in [-0.1, -0.05) is 23.7 Å². The van der Waals surface area contributed by atoms with Crippen LogP contribution in [0, 0.1) is 0 Å². The summed E-state index contributed by atoms with van der Waals surface area (Å²) in [5.74, 6) is 0.783. The molecule has 0 amide bonds. The van der Waals surface area contributed by atoms with Gasteiger partial charge < -0.3 is 13.5 Å². The zero-order valence-corrected chi connectivity index (χ0v) is 16.7. The van der Waals surface area contributed by atoms with Gasteiger partial charge in [-0.05, 0) is 55.8 Å². The molecule has 0 atom stereocenters. The van der Waals surface area contributed by atoms with Gasteiger partial charge in [-0.15, -0.1) is 10.2 Å². The molecule has 3 aromatic rings. The minimum absolute atomic E-state index is 0.181. The molecule has 0 aliphatic rings. The summed E-state index contributed by atoms with van der Waals surface area (Å²) in [7, 11) is -3.18. The van der Waals surface area contributed by atoms with Gasteiger partial charge in [0.2, 0.25) is 11.8 Å². The maximum Gasteiger partial charge on any atom is 0.335 e. The predicted octanol–water partition coefficient (Wildman–Crippen LogP) is 5.82. The first-order valence-corrected chi connectivity index (χ1v) is 10.7. The lowest BCUT2D eigenvalue weighted by Crippen LogP contribution is -1.99. The number of hydrogen-bond acceptors (Lipinski definition) is 6. The summed E-state index contributed by atoms with van der Waals surface area (Å²) >= 11 is 5.91. The maximum absolute atomic E-state index is 12.7. The van der Waals surface area contributed by atoms with E-state index in [1.807, 2.05) is 36.4 Å². The van der Waals surface area contributed by atoms with Crippen LogP contribution in [0.25, 0.3) is 22.9 Å². The number of rotatable bonds is 8. The van der Waals surface area contributed by atoms with Gasteiger partial charge in [0, 0.05) is 16.1 Å². The number of halogens is 1. The van der Waals surface area contributed by atoms with Crippen molar-refractivity contribution in [3.05, 3.63) is 59.1 Å². The summed E-state index contributed by atoms with van der Waals surface area (Å²) in [5.41, 5.74) is 2.33. The molecule has 6 nitrogen and oxygen atoms in total. The van der Waals surface area contributed by atoms with Crippen LogP contribution in [-0.4, -0.2) is 23.4 Å². The van der Waals surface area contributed by atoms with Crippen molar-refractivity contribution in [2.75, 3.05) is 13.2 Å². The smallest absolute Gasteiger partial charge is 0.335 e. The molecule has 0 radical (unpaired) electrons. The van der Waals surface area contributed by atoms with Crippen LogP contribution in [0.15, 0.2) is 52.9 Å². The highest BCUT2D eigenvalue weighted by Gasteiger charge is 2.24. The van der Waals surface area contributed by atoms with Crippen LogP contribution in [0.4, 0.5) is 0 Å². The quantitative estimate of drug-likeness (QED) is 0.438. The van der Waals surface area contributed by atoms with Crippen molar-refractivity contribution in [1.82, 2.24) is 10.2 Å². The van der Waals surface area contributed by atoms with Gasteiger partial charge >= 0.3 is 7.60 Å². The van der Waals surface area contributed by atoms with E-state index in [-0.39, 0.29) is 6.16 Å². The van der Waals surface area contributed by atoms with Crippen LogP contribution in [0.2, 0.25) is 5.02 Å². The third-order valence-electron chi connectivity index (χ3n) is 3.72. The topological polar surface area (TPSA) is 74.5 Å². The van der Waals surface area contributed by atoms with Crippen molar-refractivity contribution in [3.8, 4) is 22.9 Å². The third-order valence-corrected chi connectivity index (χ3v) is 6.03. The Morgan fingerprint density at radius 3 is 2.22 bits per heavy atom. The van der Waals surface area contributed by atoms with Gasteiger partial charge in [-0.3, -0.25) is 4.57 Å². The molecule has 8 heteroatoms. The Balaban J connectivity index is 1.83. The maximum atomic E-state index is 12.7. The second kappa shape index (κ2) is 8.81. The monoisotopic (exact) mass is 406 g/mol. The molecule has 1 aromatic heterocycles. The molecule has 0 saturated heterocycles. The highest BCUT2D eigenvalue weighted by atomic mass is 35.5. The molecule has 0 spiro atoms. The fraction of sp³-hybridized carbons (Fsp3) is 0.263. The van der Waals surface area contributed by atoms with E-state index in [9.17, 15) is 4.57 Å². The Morgan fingerprint density at radius 2 is 1.59 bits per heavy atom. The second-order valence-electron chi connectivity index (χ2n) is 5.72. The minimum Gasteiger partial charge on any atom is -0.416 e. The van der Waals surface area contributed by atoms with Gasteiger partial charge in [0.05, 0.1) is 19.4 Å². The first kappa shape index (κ1) is 19.8.